The van der Waals surface area contributed by atoms with Crippen LogP contribution in [0.3, 0.4) is 0 Å². The van der Waals surface area contributed by atoms with Gasteiger partial charge in [0, 0.05) is 51.6 Å². The third-order valence-electron chi connectivity index (χ3n) is 6.84. The van der Waals surface area contributed by atoms with Crippen molar-refractivity contribution in [1.29, 1.82) is 0 Å². The molecule has 26 heavy (non-hydrogen) atoms. The van der Waals surface area contributed by atoms with Crippen LogP contribution in [0.15, 0.2) is 0 Å². The van der Waals surface area contributed by atoms with E-state index < -0.39 is 0 Å². The number of nitrogens with zero attached hydrogens (tertiary/aromatic N) is 3. The molecular weight excluding hydrogens is 328 g/mol. The molecule has 2 amide bonds. The second-order valence-corrected chi connectivity index (χ2v) is 8.32. The summed E-state index contributed by atoms with van der Waals surface area (Å²) in [5.41, 5.74) is 5.84. The molecule has 0 aromatic carbocycles. The van der Waals surface area contributed by atoms with Crippen molar-refractivity contribution in [3.8, 4) is 0 Å². The predicted molar refractivity (Wildman–Crippen MR) is 103 cm³/mol. The molecule has 0 aromatic heterocycles. The quantitative estimate of drug-likeness (QED) is 0.795. The number of piperidine rings is 1. The Kier molecular flexibility index (Phi) is 6.92. The van der Waals surface area contributed by atoms with E-state index in [1.165, 1.54) is 0 Å². The molecule has 2 heterocycles. The molecule has 6 nitrogen and oxygen atoms in total. The maximum atomic E-state index is 12.8. The molecule has 0 aromatic rings. The number of carbonyl (C=O) groups excluding carboxylic acids is 2. The van der Waals surface area contributed by atoms with Gasteiger partial charge in [-0.2, -0.15) is 0 Å². The molecule has 0 radical (unpaired) electrons. The summed E-state index contributed by atoms with van der Waals surface area (Å²) in [6.45, 7) is 9.24. The highest BCUT2D eigenvalue weighted by molar-refractivity contribution is 5.80. The first-order chi connectivity index (χ1) is 12.6. The van der Waals surface area contributed by atoms with Crippen LogP contribution in [0.2, 0.25) is 0 Å². The average Bonchev–Trinajstić information content (AvgIpc) is 3.17. The zero-order valence-corrected chi connectivity index (χ0v) is 16.4. The van der Waals surface area contributed by atoms with Gasteiger partial charge in [0.1, 0.15) is 0 Å². The molecule has 3 fully saturated rings. The van der Waals surface area contributed by atoms with Gasteiger partial charge in [-0.1, -0.05) is 13.3 Å². The molecule has 6 heteroatoms. The molecule has 3 aliphatic rings. The van der Waals surface area contributed by atoms with Gasteiger partial charge in [0.25, 0.3) is 0 Å². The van der Waals surface area contributed by atoms with Crippen molar-refractivity contribution >= 4 is 11.8 Å². The van der Waals surface area contributed by atoms with Crippen LogP contribution in [0.4, 0.5) is 0 Å². The fourth-order valence-electron chi connectivity index (χ4n) is 4.93. The Morgan fingerprint density at radius 3 is 2.23 bits per heavy atom. The molecule has 2 saturated heterocycles. The Balaban J connectivity index is 1.41. The van der Waals surface area contributed by atoms with Gasteiger partial charge >= 0.3 is 0 Å². The lowest BCUT2D eigenvalue weighted by Crippen LogP contribution is -2.49. The Morgan fingerprint density at radius 2 is 1.62 bits per heavy atom. The number of carbonyl (C=O) groups is 2. The molecule has 0 bridgehead atoms. The summed E-state index contributed by atoms with van der Waals surface area (Å²) in [4.78, 5) is 31.8. The lowest BCUT2D eigenvalue weighted by Gasteiger charge is -2.37. The van der Waals surface area contributed by atoms with Gasteiger partial charge in [0.05, 0.1) is 0 Å². The Labute approximate surface area is 158 Å². The standard InChI is InChI=1S/C20H36N4O2/c1-2-22-10-12-23(13-11-22)19(25)14-16-6-8-24(9-7-16)20(26)18-5-3-4-17(18)15-21/h16-18H,2-15,21H2,1H3/t17-,18-/m1/s1. The summed E-state index contributed by atoms with van der Waals surface area (Å²) in [6, 6.07) is 0. The largest absolute Gasteiger partial charge is 0.342 e. The van der Waals surface area contributed by atoms with Gasteiger partial charge in [0.2, 0.25) is 11.8 Å². The first-order valence-corrected chi connectivity index (χ1v) is 10.6. The van der Waals surface area contributed by atoms with E-state index in [1.54, 1.807) is 0 Å². The van der Waals surface area contributed by atoms with E-state index in [2.05, 4.69) is 11.8 Å². The van der Waals surface area contributed by atoms with Gasteiger partial charge in [-0.15, -0.1) is 0 Å². The highest BCUT2D eigenvalue weighted by Crippen LogP contribution is 2.33. The van der Waals surface area contributed by atoms with E-state index in [0.29, 0.717) is 36.6 Å². The summed E-state index contributed by atoms with van der Waals surface area (Å²) in [6.07, 6.45) is 5.82. The fraction of sp³-hybridized carbons (Fsp3) is 0.900. The predicted octanol–water partition coefficient (Wildman–Crippen LogP) is 1.15. The second-order valence-electron chi connectivity index (χ2n) is 8.32. The Bertz CT molecular complexity index is 482. The minimum atomic E-state index is 0.146. The van der Waals surface area contributed by atoms with Crippen LogP contribution in [0.5, 0.6) is 0 Å². The van der Waals surface area contributed by atoms with E-state index in [-0.39, 0.29) is 5.92 Å². The van der Waals surface area contributed by atoms with Crippen molar-refractivity contribution in [2.45, 2.75) is 45.4 Å². The normalized spacial score (nSPS) is 28.5. The number of likely N-dealkylation sites (tertiary alicyclic amines) is 1. The molecule has 2 aliphatic heterocycles. The minimum absolute atomic E-state index is 0.146. The molecule has 0 spiro atoms. The number of piperazine rings is 1. The first kappa shape index (κ1) is 19.6. The molecule has 1 saturated carbocycles. The molecule has 148 valence electrons. The molecule has 2 N–H and O–H groups in total. The SMILES string of the molecule is CCN1CCN(C(=O)CC2CCN(C(=O)[C@@H]3CCC[C@@H]3CN)CC2)CC1. The van der Waals surface area contributed by atoms with Crippen LogP contribution in [-0.4, -0.2) is 78.9 Å². The van der Waals surface area contributed by atoms with E-state index in [0.717, 1.165) is 77.9 Å². The lowest BCUT2D eigenvalue weighted by molar-refractivity contribution is -0.138. The van der Waals surface area contributed by atoms with Crippen LogP contribution in [0, 0.1) is 17.8 Å². The molecule has 1 aliphatic carbocycles. The number of rotatable bonds is 5. The average molecular weight is 365 g/mol. The Hall–Kier alpha value is -1.14. The van der Waals surface area contributed by atoms with E-state index in [1.807, 2.05) is 9.80 Å². The Morgan fingerprint density at radius 1 is 0.923 bits per heavy atom. The van der Waals surface area contributed by atoms with Crippen LogP contribution in [-0.2, 0) is 9.59 Å². The summed E-state index contributed by atoms with van der Waals surface area (Å²) in [5.74, 6) is 1.59. The smallest absolute Gasteiger partial charge is 0.226 e. The van der Waals surface area contributed by atoms with Gasteiger partial charge in [0.15, 0.2) is 0 Å². The van der Waals surface area contributed by atoms with Crippen molar-refractivity contribution in [3.05, 3.63) is 0 Å². The van der Waals surface area contributed by atoms with Crippen molar-refractivity contribution in [2.75, 3.05) is 52.4 Å². The maximum absolute atomic E-state index is 12.8. The second kappa shape index (κ2) is 9.18. The van der Waals surface area contributed by atoms with Crippen molar-refractivity contribution in [2.24, 2.45) is 23.5 Å². The fourth-order valence-corrected chi connectivity index (χ4v) is 4.93. The summed E-state index contributed by atoms with van der Waals surface area (Å²) in [7, 11) is 0. The third kappa shape index (κ3) is 4.58. The van der Waals surface area contributed by atoms with Crippen LogP contribution < -0.4 is 5.73 Å². The van der Waals surface area contributed by atoms with Gasteiger partial charge < -0.3 is 20.4 Å². The summed E-state index contributed by atoms with van der Waals surface area (Å²) < 4.78 is 0. The van der Waals surface area contributed by atoms with Crippen LogP contribution in [0.1, 0.15) is 45.4 Å². The highest BCUT2D eigenvalue weighted by atomic mass is 16.2. The maximum Gasteiger partial charge on any atom is 0.226 e. The minimum Gasteiger partial charge on any atom is -0.342 e. The van der Waals surface area contributed by atoms with E-state index >= 15 is 0 Å². The number of amides is 2. The van der Waals surface area contributed by atoms with Crippen LogP contribution in [0.25, 0.3) is 0 Å². The molecule has 3 rings (SSSR count). The van der Waals surface area contributed by atoms with Gasteiger partial charge in [-0.05, 0) is 50.6 Å². The van der Waals surface area contributed by atoms with E-state index in [4.69, 9.17) is 5.73 Å². The number of hydrogen-bond acceptors (Lipinski definition) is 4. The molecular formula is C20H36N4O2. The first-order valence-electron chi connectivity index (χ1n) is 10.6. The summed E-state index contributed by atoms with van der Waals surface area (Å²) >= 11 is 0. The van der Waals surface area contributed by atoms with E-state index in [9.17, 15) is 9.59 Å². The van der Waals surface area contributed by atoms with Crippen molar-refractivity contribution in [3.63, 3.8) is 0 Å². The van der Waals surface area contributed by atoms with Crippen molar-refractivity contribution < 1.29 is 9.59 Å². The van der Waals surface area contributed by atoms with Crippen molar-refractivity contribution in [1.82, 2.24) is 14.7 Å². The molecule has 0 unspecified atom stereocenters. The van der Waals surface area contributed by atoms with Gasteiger partial charge in [-0.3, -0.25) is 9.59 Å². The topological polar surface area (TPSA) is 69.9 Å². The zero-order chi connectivity index (χ0) is 18.5. The highest BCUT2D eigenvalue weighted by Gasteiger charge is 2.36. The third-order valence-corrected chi connectivity index (χ3v) is 6.84. The zero-order valence-electron chi connectivity index (χ0n) is 16.4. The monoisotopic (exact) mass is 364 g/mol. The number of hydrogen-bond donors (Lipinski definition) is 1. The lowest BCUT2D eigenvalue weighted by atomic mass is 9.90. The number of nitrogens with two attached hydrogens (primary N) is 1. The van der Waals surface area contributed by atoms with Gasteiger partial charge in [-0.25, -0.2) is 0 Å². The molecule has 2 atom stereocenters. The van der Waals surface area contributed by atoms with Crippen LogP contribution >= 0.6 is 0 Å². The summed E-state index contributed by atoms with van der Waals surface area (Å²) in [5, 5.41) is 0. The number of likely N-dealkylation sites (N-methyl/N-ethyl adjacent to an activating group) is 1.